The van der Waals surface area contributed by atoms with E-state index in [9.17, 15) is 14.3 Å². The molecule has 7 nitrogen and oxygen atoms in total. The Hall–Kier alpha value is -4.07. The number of nitrogen functional groups attached to an aromatic ring is 1. The smallest absolute Gasteiger partial charge is 0.335 e. The monoisotopic (exact) mass is 389 g/mol. The van der Waals surface area contributed by atoms with Gasteiger partial charge < -0.3 is 10.8 Å². The van der Waals surface area contributed by atoms with Crippen molar-refractivity contribution >= 4 is 28.6 Å². The van der Waals surface area contributed by atoms with Crippen LogP contribution in [0.5, 0.6) is 0 Å². The van der Waals surface area contributed by atoms with E-state index < -0.39 is 11.8 Å². The summed E-state index contributed by atoms with van der Waals surface area (Å²) >= 11 is 0. The normalized spacial score (nSPS) is 11.0. The number of carboxylic acid groups (broad SMARTS) is 1. The largest absolute Gasteiger partial charge is 0.478 e. The Morgan fingerprint density at radius 2 is 1.86 bits per heavy atom. The average molecular weight is 389 g/mol. The molecule has 0 bridgehead atoms. The number of carboxylic acids is 1. The van der Waals surface area contributed by atoms with Gasteiger partial charge >= 0.3 is 5.97 Å². The van der Waals surface area contributed by atoms with Gasteiger partial charge in [-0.1, -0.05) is 12.6 Å². The zero-order chi connectivity index (χ0) is 20.7. The Kier molecular flexibility index (Phi) is 4.31. The van der Waals surface area contributed by atoms with Crippen LogP contribution in [0.3, 0.4) is 0 Å². The van der Waals surface area contributed by atoms with E-state index in [4.69, 9.17) is 5.73 Å². The topological polar surface area (TPSA) is 107 Å². The van der Waals surface area contributed by atoms with E-state index in [2.05, 4.69) is 21.5 Å². The number of imidazole rings is 1. The molecule has 2 heterocycles. The van der Waals surface area contributed by atoms with Crippen LogP contribution >= 0.6 is 0 Å². The fourth-order valence-corrected chi connectivity index (χ4v) is 3.14. The Morgan fingerprint density at radius 1 is 1.14 bits per heavy atom. The van der Waals surface area contributed by atoms with Crippen molar-refractivity contribution in [2.45, 2.75) is 6.92 Å². The highest BCUT2D eigenvalue weighted by Crippen LogP contribution is 2.32. The summed E-state index contributed by atoms with van der Waals surface area (Å²) in [5.74, 6) is -1.26. The molecule has 0 fully saturated rings. The van der Waals surface area contributed by atoms with Crippen molar-refractivity contribution in [1.82, 2.24) is 19.5 Å². The first-order valence-electron chi connectivity index (χ1n) is 8.64. The molecule has 144 valence electrons. The number of benzene rings is 2. The molecule has 4 rings (SSSR count). The molecule has 0 unspecified atom stereocenters. The molecule has 2 aromatic heterocycles. The number of hydrogen-bond donors (Lipinski definition) is 2. The molecule has 8 heteroatoms. The fraction of sp³-hybridized carbons (Fsp3) is 0.0476. The maximum Gasteiger partial charge on any atom is 0.335 e. The lowest BCUT2D eigenvalue weighted by Crippen LogP contribution is -2.01. The molecule has 29 heavy (non-hydrogen) atoms. The maximum atomic E-state index is 14.6. The van der Waals surface area contributed by atoms with Gasteiger partial charge in [0.2, 0.25) is 5.95 Å². The van der Waals surface area contributed by atoms with E-state index in [1.54, 1.807) is 23.9 Å². The number of nitrogens with zero attached hydrogens (tertiary/aromatic N) is 4. The Bertz CT molecular complexity index is 1280. The summed E-state index contributed by atoms with van der Waals surface area (Å²) in [6.07, 6.45) is 3.21. The molecule has 0 amide bonds. The third-order valence-corrected chi connectivity index (χ3v) is 4.50. The summed E-state index contributed by atoms with van der Waals surface area (Å²) in [7, 11) is 0. The minimum Gasteiger partial charge on any atom is -0.478 e. The molecule has 0 aliphatic heterocycles. The van der Waals surface area contributed by atoms with Gasteiger partial charge in [0.15, 0.2) is 0 Å². The first-order valence-corrected chi connectivity index (χ1v) is 8.64. The standard InChI is InChI=1S/C21H16FN5O2/c1-11(2)27-18-6-4-12(14-9-24-21(23)25-10-14)8-17(18)26-19(27)15-7-13(20(28)29)3-5-16(15)22/h3-10H,1H2,2H3,(H,28,29)(H2,23,24,25). The minimum absolute atomic E-state index is 0.0265. The van der Waals surface area contributed by atoms with Gasteiger partial charge in [-0.25, -0.2) is 24.1 Å². The quantitative estimate of drug-likeness (QED) is 0.545. The number of rotatable bonds is 4. The first kappa shape index (κ1) is 18.3. The predicted octanol–water partition coefficient (Wildman–Crippen LogP) is 4.07. The number of aromatic carboxylic acids is 1. The lowest BCUT2D eigenvalue weighted by atomic mass is 10.1. The highest BCUT2D eigenvalue weighted by Gasteiger charge is 2.19. The molecular weight excluding hydrogens is 373 g/mol. The lowest BCUT2D eigenvalue weighted by Gasteiger charge is -2.10. The maximum absolute atomic E-state index is 14.6. The second-order valence-electron chi connectivity index (χ2n) is 6.54. The van der Waals surface area contributed by atoms with Crippen LogP contribution < -0.4 is 5.73 Å². The van der Waals surface area contributed by atoms with Crippen LogP contribution in [0.25, 0.3) is 39.2 Å². The van der Waals surface area contributed by atoms with Crippen molar-refractivity contribution in [3.63, 3.8) is 0 Å². The van der Waals surface area contributed by atoms with Crippen LogP contribution in [-0.2, 0) is 0 Å². The third kappa shape index (κ3) is 3.20. The molecule has 3 N–H and O–H groups in total. The van der Waals surface area contributed by atoms with Crippen LogP contribution in [0.2, 0.25) is 0 Å². The number of carbonyl (C=O) groups is 1. The molecular formula is C21H16FN5O2. The summed E-state index contributed by atoms with van der Waals surface area (Å²) in [6.45, 7) is 5.73. The summed E-state index contributed by atoms with van der Waals surface area (Å²) in [5.41, 5.74) is 9.10. The lowest BCUT2D eigenvalue weighted by molar-refractivity contribution is 0.0697. The number of aromatic nitrogens is 4. The molecule has 0 spiro atoms. The van der Waals surface area contributed by atoms with Crippen molar-refractivity contribution in [2.24, 2.45) is 0 Å². The zero-order valence-corrected chi connectivity index (χ0v) is 15.4. The van der Waals surface area contributed by atoms with Gasteiger partial charge in [-0.15, -0.1) is 0 Å². The highest BCUT2D eigenvalue weighted by molar-refractivity contribution is 5.91. The first-order chi connectivity index (χ1) is 13.8. The fourth-order valence-electron chi connectivity index (χ4n) is 3.14. The van der Waals surface area contributed by atoms with Crippen molar-refractivity contribution < 1.29 is 14.3 Å². The Labute approximate surface area is 165 Å². The molecule has 0 aliphatic carbocycles. The summed E-state index contributed by atoms with van der Waals surface area (Å²) in [5, 5.41) is 9.26. The van der Waals surface area contributed by atoms with E-state index in [0.717, 1.165) is 17.2 Å². The van der Waals surface area contributed by atoms with Gasteiger partial charge in [0.25, 0.3) is 0 Å². The van der Waals surface area contributed by atoms with Gasteiger partial charge in [-0.2, -0.15) is 0 Å². The summed E-state index contributed by atoms with van der Waals surface area (Å²) in [6, 6.07) is 9.14. The van der Waals surface area contributed by atoms with Gasteiger partial charge in [0.05, 0.1) is 22.2 Å². The molecule has 0 atom stereocenters. The number of nitrogens with two attached hydrogens (primary N) is 1. The number of allylic oxidation sites excluding steroid dienone is 1. The molecule has 0 saturated carbocycles. The minimum atomic E-state index is -1.14. The van der Waals surface area contributed by atoms with Crippen LogP contribution in [-0.4, -0.2) is 30.6 Å². The summed E-state index contributed by atoms with van der Waals surface area (Å²) in [4.78, 5) is 23.9. The summed E-state index contributed by atoms with van der Waals surface area (Å²) < 4.78 is 16.3. The van der Waals surface area contributed by atoms with Crippen molar-refractivity contribution in [1.29, 1.82) is 0 Å². The van der Waals surface area contributed by atoms with E-state index in [1.165, 1.54) is 12.1 Å². The van der Waals surface area contributed by atoms with Gasteiger partial charge in [-0.05, 0) is 42.8 Å². The van der Waals surface area contributed by atoms with Crippen LogP contribution in [0.1, 0.15) is 17.3 Å². The molecule has 2 aromatic carbocycles. The predicted molar refractivity (Wildman–Crippen MR) is 109 cm³/mol. The SMILES string of the molecule is C=C(C)n1c(-c2cc(C(=O)O)ccc2F)nc2cc(-c3cnc(N)nc3)ccc21. The zero-order valence-electron chi connectivity index (χ0n) is 15.4. The van der Waals surface area contributed by atoms with Crippen molar-refractivity contribution in [3.05, 3.63) is 66.8 Å². The molecule has 0 aliphatic rings. The molecule has 4 aromatic rings. The second-order valence-corrected chi connectivity index (χ2v) is 6.54. The van der Waals surface area contributed by atoms with E-state index in [0.29, 0.717) is 16.7 Å². The van der Waals surface area contributed by atoms with E-state index >= 15 is 0 Å². The number of halogens is 1. The second kappa shape index (κ2) is 6.83. The number of hydrogen-bond acceptors (Lipinski definition) is 5. The van der Waals surface area contributed by atoms with E-state index in [1.807, 2.05) is 18.2 Å². The third-order valence-electron chi connectivity index (χ3n) is 4.50. The van der Waals surface area contributed by atoms with Crippen molar-refractivity contribution in [3.8, 4) is 22.5 Å². The van der Waals surface area contributed by atoms with Crippen LogP contribution in [0.4, 0.5) is 10.3 Å². The van der Waals surface area contributed by atoms with E-state index in [-0.39, 0.29) is 22.9 Å². The van der Waals surface area contributed by atoms with Gasteiger partial charge in [0, 0.05) is 23.7 Å². The Morgan fingerprint density at radius 3 is 2.52 bits per heavy atom. The van der Waals surface area contributed by atoms with Crippen LogP contribution in [0.15, 0.2) is 55.4 Å². The number of anilines is 1. The Balaban J connectivity index is 1.94. The van der Waals surface area contributed by atoms with Gasteiger partial charge in [0.1, 0.15) is 11.6 Å². The van der Waals surface area contributed by atoms with Crippen molar-refractivity contribution in [2.75, 3.05) is 5.73 Å². The molecule has 0 saturated heterocycles. The number of fused-ring (bicyclic) bond motifs is 1. The van der Waals surface area contributed by atoms with Crippen LogP contribution in [0, 0.1) is 5.82 Å². The molecule has 0 radical (unpaired) electrons. The average Bonchev–Trinajstić information content (AvgIpc) is 3.07. The highest BCUT2D eigenvalue weighted by atomic mass is 19.1. The van der Waals surface area contributed by atoms with Gasteiger partial charge in [-0.3, -0.25) is 4.57 Å².